The number of hydrogen-bond donors (Lipinski definition) is 19. The van der Waals surface area contributed by atoms with Crippen LogP contribution in [0.25, 0.3) is 0 Å². The summed E-state index contributed by atoms with van der Waals surface area (Å²) >= 11 is 0. The highest BCUT2D eigenvalue weighted by molar-refractivity contribution is 7.84. The number of methoxy groups -OCH3 is 1. The molecule has 52 nitrogen and oxygen atoms in total. The summed E-state index contributed by atoms with van der Waals surface area (Å²) < 4.78 is 419. The Morgan fingerprint density at radius 1 is 0.385 bits per heavy atom. The highest BCUT2D eigenvalue weighted by Crippen LogP contribution is 2.39. The first kappa shape index (κ1) is 65.5. The summed E-state index contributed by atoms with van der Waals surface area (Å²) in [5.41, 5.74) is 0. The van der Waals surface area contributed by atoms with Gasteiger partial charge in [-0.05, 0) is 0 Å². The maximum Gasteiger partial charge on any atom is 0.397 e. The van der Waals surface area contributed by atoms with E-state index in [-0.39, 0.29) is 0 Å². The molecule has 0 aromatic carbocycles. The van der Waals surface area contributed by atoms with Crippen molar-refractivity contribution in [1.82, 2.24) is 14.1 Å². The van der Waals surface area contributed by atoms with Gasteiger partial charge in [0.1, 0.15) is 108 Å². The fourth-order valence-corrected chi connectivity index (χ4v) is 12.2. The van der Waals surface area contributed by atoms with E-state index >= 15 is 0 Å². The Morgan fingerprint density at radius 2 is 0.747 bits per heavy atom. The molecule has 5 fully saturated rings. The molecule has 19 N–H and O–H groups in total. The van der Waals surface area contributed by atoms with Crippen molar-refractivity contribution in [3.05, 3.63) is 0 Å². The minimum atomic E-state index is -6.54. The number of nitrogens with one attached hydrogen (secondary N) is 3. The summed E-state index contributed by atoms with van der Waals surface area (Å²) in [6, 6.07) is -9.06. The highest BCUT2D eigenvalue weighted by Gasteiger charge is 2.61. The molecule has 91 heavy (non-hydrogen) atoms. The van der Waals surface area contributed by atoms with Crippen LogP contribution in [0.2, 0.25) is 4.24 Å². The molecule has 5 heterocycles. The van der Waals surface area contributed by atoms with Crippen molar-refractivity contribution in [3.8, 4) is 0 Å². The van der Waals surface area contributed by atoms with Gasteiger partial charge >= 0.3 is 94.8 Å². The van der Waals surface area contributed by atoms with E-state index in [1.807, 2.05) is 0 Å². The summed E-state index contributed by atoms with van der Waals surface area (Å²) in [4.78, 5) is 26.5. The van der Waals surface area contributed by atoms with Gasteiger partial charge in [0.05, 0.1) is 19.8 Å². The van der Waals surface area contributed by atoms with Crippen molar-refractivity contribution in [2.24, 2.45) is 0 Å². The molecule has 0 saturated carbocycles. The fraction of sp³-hybridized carbons (Fsp3) is 0.935. The van der Waals surface area contributed by atoms with Gasteiger partial charge in [-0.1, -0.05) is 0 Å². The molecule has 534 valence electrons. The zero-order valence-electron chi connectivity index (χ0n) is 52.6. The lowest BCUT2D eigenvalue weighted by Crippen LogP contribution is -2.71. The van der Waals surface area contributed by atoms with Gasteiger partial charge in [0.25, 0.3) is 0 Å². The SMILES string of the molecule is [2H]O[C@@H]1[C@@H](O[2H])[C@H](O[C@@H]2[C@H](OS(=O)(=O)O)[C@@H](N([2H])S(=O)(=O)O)[C@@H](O[C@H]3[C@H](O[2H])[C@@H](OS(=O)(=O)O)[C@H](O[C@H]4[C@H](O[2H])[C@@H](N([2H])S(=O)(=O)O)[C@@H](OC)O[C@@H]4COS(=O)(=O)O)O[C@H]3C(=O)O)O[C@@H]2COS(=O)(=O)O)O[C@H](C(=O)O)[C@H]1O[C@H]1O[C@H](COS(=O)(=O)O)[C@@H](O[2H])[C@H](O[2H])[C@H]1N([2H])S(=O)(=O)O. The second-order valence-corrected chi connectivity index (χ2v) is 27.0. The van der Waals surface area contributed by atoms with Gasteiger partial charge in [-0.3, -0.25) is 36.4 Å². The van der Waals surface area contributed by atoms with Crippen LogP contribution in [-0.4, -0.2) is 345 Å². The van der Waals surface area contributed by atoms with Crippen molar-refractivity contribution in [1.29, 1.82) is 8.59 Å². The van der Waals surface area contributed by atoms with E-state index in [0.29, 0.717) is 7.11 Å². The van der Waals surface area contributed by atoms with E-state index in [1.54, 1.807) is 0 Å². The normalized spacial score (nSPS) is 40.1. The van der Waals surface area contributed by atoms with E-state index in [9.17, 15) is 124 Å². The molecule has 0 aromatic heterocycles. The first-order valence-electron chi connectivity index (χ1n) is 27.0. The largest absolute Gasteiger partial charge is 0.479 e. The first-order valence-corrected chi connectivity index (χ1v) is 34.3. The second-order valence-electron chi connectivity index (χ2n) is 18.3. The maximum atomic E-state index is 13.3. The molecule has 25 atom stereocenters. The van der Waals surface area contributed by atoms with Crippen LogP contribution in [0.3, 0.4) is 0 Å². The lowest BCUT2D eigenvalue weighted by Gasteiger charge is -2.50. The van der Waals surface area contributed by atoms with Gasteiger partial charge in [0.15, 0.2) is 49.8 Å². The second kappa shape index (κ2) is 29.9. The van der Waals surface area contributed by atoms with Crippen LogP contribution in [0.5, 0.6) is 0 Å². The number of hydrogen-bond acceptors (Lipinski definition) is 39. The Labute approximate surface area is 523 Å². The standard InChI is InChI=1S/C31H53N3O49S8/c1-69-27-9(33-85(48,49)50)13(37)17(6(74-27)3-71-88(57,58)59)76-31-22(83-91(66,67)68)16(40)21(24(81-31)26(43)44)79-29-10(34-86(51,52)53)19(82-90(63,64)65)18(7(75-29)4-72-89(60,61)62)77-30-15(39)14(38)20(23(80-30)25(41)42)78-28-8(32-84(45,46)47)12(36)11(35)5(73-28)2-70-87(54,55)56/h5-24,27-40H,2-4H2,1H3,(H,41,42)(H,43,44)(H,45,46,47)(H,48,49,50)(H,51,52,53)(H,54,55,56)(H,57,58,59)(H,60,61,62)(H,63,64,65)(H,66,67,68)/t5-,6-,7-,8-,9-,10-,11-,12-,13-,14-,15-,16+,17-,18+,19-,20+,21+,22-,23+,24-,27+,28-,29-,30-,31-/m1/s1/i35D,36D,37D,38D,39D,40D/hD3. The molecule has 60 heteroatoms. The third kappa shape index (κ3) is 22.9. The third-order valence-corrected chi connectivity index (χ3v) is 15.9. The Morgan fingerprint density at radius 3 is 1.18 bits per heavy atom. The van der Waals surface area contributed by atoms with Crippen LogP contribution < -0.4 is 14.1 Å². The number of aliphatic hydroxyl groups excluding tert-OH is 6. The fourth-order valence-electron chi connectivity index (χ4n) is 8.73. The molecule has 0 spiro atoms. The molecule has 0 bridgehead atoms. The first-order chi connectivity index (χ1) is 45.7. The van der Waals surface area contributed by atoms with Gasteiger partial charge in [-0.15, -0.1) is 0 Å². The number of ether oxygens (including phenoxy) is 10. The molecule has 0 aliphatic carbocycles. The molecular formula is C31H53N3O49S8. The van der Waals surface area contributed by atoms with Crippen molar-refractivity contribution in [2.45, 2.75) is 153 Å². The summed E-state index contributed by atoms with van der Waals surface area (Å²) in [5.74, 6) is -5.07. The topological polar surface area (TPSA) is 805 Å². The molecular weight excluding hydrogens is 1450 g/mol. The zero-order valence-corrected chi connectivity index (χ0v) is 50.1. The van der Waals surface area contributed by atoms with Crippen molar-refractivity contribution in [3.63, 3.8) is 0 Å². The molecule has 0 aromatic rings. The zero-order chi connectivity index (χ0) is 76.3. The minimum Gasteiger partial charge on any atom is -0.479 e. The number of carbonyl (C=O) groups is 2. The van der Waals surface area contributed by atoms with E-state index in [2.05, 4.69) is 51.6 Å². The maximum absolute atomic E-state index is 13.3. The van der Waals surface area contributed by atoms with Gasteiger partial charge in [-0.2, -0.15) is 81.5 Å². The molecule has 5 aliphatic heterocycles. The Hall–Kier alpha value is -2.74. The van der Waals surface area contributed by atoms with E-state index in [1.165, 1.54) is 0 Å². The van der Waals surface area contributed by atoms with Crippen LogP contribution in [0, 0.1) is 0 Å². The smallest absolute Gasteiger partial charge is 0.397 e. The van der Waals surface area contributed by atoms with Crippen molar-refractivity contribution < 1.29 is 227 Å². The molecule has 5 saturated heterocycles. The average Bonchev–Trinajstić information content (AvgIpc) is 0.739. The molecule has 5 aliphatic rings. The number of carboxylic acid groups (broad SMARTS) is 2. The monoisotopic (exact) mass is 1520 g/mol. The quantitative estimate of drug-likeness (QED) is 0.0259. The van der Waals surface area contributed by atoms with Crippen LogP contribution >= 0.6 is 0 Å². The van der Waals surface area contributed by atoms with Crippen LogP contribution in [0.15, 0.2) is 0 Å². The Balaban J connectivity index is 1.71. The molecule has 0 amide bonds. The molecule has 5 rings (SSSR count). The highest BCUT2D eigenvalue weighted by atomic mass is 32.3. The number of aliphatic carboxylic acids is 2. The van der Waals surface area contributed by atoms with Crippen LogP contribution in [0.1, 0.15) is 0 Å². The van der Waals surface area contributed by atoms with E-state index in [4.69, 9.17) is 60.2 Å². The van der Waals surface area contributed by atoms with E-state index < -0.39 is 282 Å². The van der Waals surface area contributed by atoms with Gasteiger partial charge in [-0.25, -0.2) is 30.5 Å². The lowest BCUT2D eigenvalue weighted by atomic mass is 9.94. The van der Waals surface area contributed by atoms with Crippen molar-refractivity contribution in [2.75, 3.05) is 26.9 Å². The van der Waals surface area contributed by atoms with Crippen LogP contribution in [0.4, 0.5) is 0 Å². The Kier molecular flexibility index (Phi) is 21.6. The average molecular weight is 1520 g/mol. The summed E-state index contributed by atoms with van der Waals surface area (Å²) in [6.07, 6.45) is -65.2. The van der Waals surface area contributed by atoms with Crippen LogP contribution in [-0.2, 0) is 161 Å². The van der Waals surface area contributed by atoms with Gasteiger partial charge in [0, 0.05) is 7.11 Å². The molecule has 0 unspecified atom stereocenters. The third-order valence-electron chi connectivity index (χ3n) is 12.1. The number of aliphatic hydroxyl groups is 6. The van der Waals surface area contributed by atoms with Gasteiger partial charge in [0.2, 0.25) is 8.59 Å². The van der Waals surface area contributed by atoms with Crippen molar-refractivity contribution >= 4 is 94.8 Å². The number of rotatable bonds is 36. The lowest BCUT2D eigenvalue weighted by molar-refractivity contribution is -0.373. The minimum absolute atomic E-state index is 0.665. The predicted molar refractivity (Wildman–Crippen MR) is 262 cm³/mol. The summed E-state index contributed by atoms with van der Waals surface area (Å²) in [5, 5.41) is 47.8. The Bertz CT molecular complexity index is 3760. The number of carboxylic acids is 2. The predicted octanol–water partition coefficient (Wildman–Crippen LogP) is -13.8. The van der Waals surface area contributed by atoms with E-state index in [0.717, 1.165) is 0 Å². The van der Waals surface area contributed by atoms with Gasteiger partial charge < -0.3 is 88.2 Å². The summed E-state index contributed by atoms with van der Waals surface area (Å²) in [6.45, 7) is -5.32. The molecule has 0 radical (unpaired) electrons. The summed E-state index contributed by atoms with van der Waals surface area (Å²) in [7, 11) is -47.7.